The van der Waals surface area contributed by atoms with Gasteiger partial charge in [0.1, 0.15) is 12.2 Å². The van der Waals surface area contributed by atoms with Gasteiger partial charge in [0, 0.05) is 22.0 Å². The minimum absolute atomic E-state index is 0.0208. The average Bonchev–Trinajstić information content (AvgIpc) is 3.27. The van der Waals surface area contributed by atoms with E-state index in [4.69, 9.17) is 13.9 Å². The normalized spacial score (nSPS) is 11.1. The Morgan fingerprint density at radius 3 is 2.67 bits per heavy atom. The molecule has 0 spiro atoms. The van der Waals surface area contributed by atoms with Crippen LogP contribution in [0.2, 0.25) is 0 Å². The minimum atomic E-state index is -0.471. The van der Waals surface area contributed by atoms with Gasteiger partial charge in [-0.3, -0.25) is 14.9 Å². The zero-order valence-electron chi connectivity index (χ0n) is 18.9. The zero-order chi connectivity index (χ0) is 25.7. The molecule has 0 fully saturated rings. The van der Waals surface area contributed by atoms with E-state index in [2.05, 4.69) is 49.0 Å². The van der Waals surface area contributed by atoms with E-state index in [9.17, 15) is 14.9 Å². The van der Waals surface area contributed by atoms with Gasteiger partial charge in [0.25, 0.3) is 5.69 Å². The van der Waals surface area contributed by atoms with Crippen molar-refractivity contribution in [1.82, 2.24) is 5.43 Å². The van der Waals surface area contributed by atoms with Crippen LogP contribution in [0.4, 0.5) is 5.69 Å². The van der Waals surface area contributed by atoms with Crippen LogP contribution in [0.1, 0.15) is 28.6 Å². The maximum absolute atomic E-state index is 12.4. The number of nitrogens with zero attached hydrogens (tertiary/aromatic N) is 2. The maximum Gasteiger partial charge on any atom is 0.307 e. The third-order valence-electron chi connectivity index (χ3n) is 4.94. The van der Waals surface area contributed by atoms with Gasteiger partial charge in [-0.05, 0) is 89.2 Å². The second-order valence-electron chi connectivity index (χ2n) is 7.47. The number of hydrogen-bond donors (Lipinski definition) is 1. The highest BCUT2D eigenvalue weighted by Gasteiger charge is 2.14. The molecule has 0 aliphatic carbocycles. The second kappa shape index (κ2) is 11.5. The van der Waals surface area contributed by atoms with E-state index in [1.165, 1.54) is 18.3 Å². The van der Waals surface area contributed by atoms with Crippen molar-refractivity contribution in [3.05, 3.63) is 95.7 Å². The molecule has 0 saturated heterocycles. The average molecular weight is 664 g/mol. The fourth-order valence-corrected chi connectivity index (χ4v) is 4.44. The molecule has 1 amide bonds. The summed E-state index contributed by atoms with van der Waals surface area (Å²) in [4.78, 5) is 22.8. The summed E-state index contributed by atoms with van der Waals surface area (Å²) in [7, 11) is 0. The van der Waals surface area contributed by atoms with Gasteiger partial charge in [0.2, 0.25) is 0 Å². The Morgan fingerprint density at radius 1 is 1.17 bits per heavy atom. The summed E-state index contributed by atoms with van der Waals surface area (Å²) in [6, 6.07) is 16.9. The number of carbonyl (C=O) groups excluding carboxylic acids is 1. The molecule has 0 unspecified atom stereocenters. The Kier molecular flexibility index (Phi) is 8.21. The standard InChI is InChI=1S/C25H19BrIN3O6/c1-2-34-22-10-16(9-20(27)24(22)35-14-15-3-6-19(7-4-15)30(32)33)13-28-29-25(31)23-12-17-11-18(26)5-8-21(17)36-23/h3-13H,2,14H2,1H3,(H,29,31)/b28-13+. The monoisotopic (exact) mass is 663 g/mol. The number of hydrogen-bond acceptors (Lipinski definition) is 7. The number of nitro benzene ring substituents is 1. The van der Waals surface area contributed by atoms with Gasteiger partial charge in [-0.15, -0.1) is 0 Å². The van der Waals surface area contributed by atoms with Gasteiger partial charge in [-0.1, -0.05) is 15.9 Å². The van der Waals surface area contributed by atoms with Crippen molar-refractivity contribution >= 4 is 67.3 Å². The molecule has 4 aromatic rings. The van der Waals surface area contributed by atoms with Crippen molar-refractivity contribution in [2.75, 3.05) is 6.61 Å². The Balaban J connectivity index is 1.45. The first-order valence-electron chi connectivity index (χ1n) is 10.7. The van der Waals surface area contributed by atoms with Gasteiger partial charge in [-0.2, -0.15) is 5.10 Å². The van der Waals surface area contributed by atoms with Crippen LogP contribution in [0.15, 0.2) is 74.7 Å². The molecule has 0 radical (unpaired) electrons. The van der Waals surface area contributed by atoms with E-state index >= 15 is 0 Å². The molecule has 4 rings (SSSR count). The predicted molar refractivity (Wildman–Crippen MR) is 147 cm³/mol. The Labute approximate surface area is 227 Å². The fourth-order valence-electron chi connectivity index (χ4n) is 3.28. The van der Waals surface area contributed by atoms with E-state index in [0.717, 1.165) is 19.0 Å². The lowest BCUT2D eigenvalue weighted by molar-refractivity contribution is -0.384. The third kappa shape index (κ3) is 6.21. The molecule has 0 atom stereocenters. The zero-order valence-corrected chi connectivity index (χ0v) is 22.6. The smallest absolute Gasteiger partial charge is 0.307 e. The number of ether oxygens (including phenoxy) is 2. The molecule has 0 saturated carbocycles. The van der Waals surface area contributed by atoms with Crippen molar-refractivity contribution < 1.29 is 23.6 Å². The molecule has 11 heteroatoms. The number of nitro groups is 1. The van der Waals surface area contributed by atoms with Crippen molar-refractivity contribution in [2.45, 2.75) is 13.5 Å². The third-order valence-corrected chi connectivity index (χ3v) is 6.24. The number of hydrazone groups is 1. The number of rotatable bonds is 9. The molecule has 9 nitrogen and oxygen atoms in total. The summed E-state index contributed by atoms with van der Waals surface area (Å²) in [6.45, 7) is 2.49. The lowest BCUT2D eigenvalue weighted by Crippen LogP contribution is -2.16. The van der Waals surface area contributed by atoms with E-state index in [1.807, 2.05) is 25.1 Å². The summed E-state index contributed by atoms with van der Waals surface area (Å²) in [6.07, 6.45) is 1.50. The summed E-state index contributed by atoms with van der Waals surface area (Å²) in [5.74, 6) is 0.744. The van der Waals surface area contributed by atoms with Crippen molar-refractivity contribution in [1.29, 1.82) is 0 Å². The minimum Gasteiger partial charge on any atom is -0.490 e. The molecular weight excluding hydrogens is 645 g/mol. The number of furan rings is 1. The highest BCUT2D eigenvalue weighted by molar-refractivity contribution is 14.1. The van der Waals surface area contributed by atoms with Gasteiger partial charge < -0.3 is 13.9 Å². The fraction of sp³-hybridized carbons (Fsp3) is 0.120. The van der Waals surface area contributed by atoms with Gasteiger partial charge in [0.15, 0.2) is 17.3 Å². The molecule has 1 N–H and O–H groups in total. The van der Waals surface area contributed by atoms with Crippen LogP contribution in [0.5, 0.6) is 11.5 Å². The number of carbonyl (C=O) groups is 1. The van der Waals surface area contributed by atoms with Crippen LogP contribution in [-0.2, 0) is 6.61 Å². The Morgan fingerprint density at radius 2 is 1.94 bits per heavy atom. The number of non-ortho nitro benzene ring substituents is 1. The van der Waals surface area contributed by atoms with Crippen LogP contribution >= 0.6 is 38.5 Å². The van der Waals surface area contributed by atoms with Crippen LogP contribution in [0.3, 0.4) is 0 Å². The highest BCUT2D eigenvalue weighted by atomic mass is 127. The summed E-state index contributed by atoms with van der Waals surface area (Å²) in [5.41, 5.74) is 4.57. The van der Waals surface area contributed by atoms with Crippen LogP contribution < -0.4 is 14.9 Å². The molecule has 0 bridgehead atoms. The van der Waals surface area contributed by atoms with Crippen molar-refractivity contribution in [2.24, 2.45) is 5.10 Å². The number of fused-ring (bicyclic) bond motifs is 1. The summed E-state index contributed by atoms with van der Waals surface area (Å²) in [5, 5.41) is 15.7. The second-order valence-corrected chi connectivity index (χ2v) is 9.55. The van der Waals surface area contributed by atoms with E-state index in [0.29, 0.717) is 29.3 Å². The molecule has 1 aromatic heterocycles. The van der Waals surface area contributed by atoms with Crippen LogP contribution in [-0.4, -0.2) is 23.7 Å². The largest absolute Gasteiger partial charge is 0.490 e. The number of nitrogens with one attached hydrogen (secondary N) is 1. The Hall–Kier alpha value is -3.45. The van der Waals surface area contributed by atoms with Crippen molar-refractivity contribution in [3.8, 4) is 11.5 Å². The topological polar surface area (TPSA) is 116 Å². The van der Waals surface area contributed by atoms with Gasteiger partial charge in [-0.25, -0.2) is 5.43 Å². The lowest BCUT2D eigenvalue weighted by Gasteiger charge is -2.14. The molecular formula is C25H19BrIN3O6. The van der Waals surface area contributed by atoms with E-state index in [1.54, 1.807) is 30.3 Å². The number of halogens is 2. The quantitative estimate of drug-likeness (QED) is 0.0952. The molecule has 36 heavy (non-hydrogen) atoms. The molecule has 0 aliphatic heterocycles. The first-order chi connectivity index (χ1) is 17.3. The lowest BCUT2D eigenvalue weighted by atomic mass is 10.2. The van der Waals surface area contributed by atoms with Crippen molar-refractivity contribution in [3.63, 3.8) is 0 Å². The van der Waals surface area contributed by atoms with Crippen LogP contribution in [0.25, 0.3) is 11.0 Å². The number of amides is 1. The van der Waals surface area contributed by atoms with Gasteiger partial charge in [0.05, 0.1) is 21.3 Å². The van der Waals surface area contributed by atoms with Crippen LogP contribution in [0, 0.1) is 13.7 Å². The molecule has 1 heterocycles. The van der Waals surface area contributed by atoms with E-state index in [-0.39, 0.29) is 18.1 Å². The molecule has 184 valence electrons. The molecule has 0 aliphatic rings. The predicted octanol–water partition coefficient (Wildman–Crippen LogP) is 6.45. The number of benzene rings is 3. The summed E-state index contributed by atoms with van der Waals surface area (Å²) < 4.78 is 19.0. The van der Waals surface area contributed by atoms with E-state index < -0.39 is 10.8 Å². The SMILES string of the molecule is CCOc1cc(/C=N/NC(=O)c2cc3cc(Br)ccc3o2)cc(I)c1OCc1ccc([N+](=O)[O-])cc1. The summed E-state index contributed by atoms with van der Waals surface area (Å²) >= 11 is 5.53. The molecule has 3 aromatic carbocycles. The van der Waals surface area contributed by atoms with Gasteiger partial charge >= 0.3 is 5.91 Å². The first-order valence-corrected chi connectivity index (χ1v) is 12.6. The maximum atomic E-state index is 12.4. The Bertz CT molecular complexity index is 1450. The highest BCUT2D eigenvalue weighted by Crippen LogP contribution is 2.34. The first kappa shape index (κ1) is 25.6.